The fourth-order valence-electron chi connectivity index (χ4n) is 2.90. The van der Waals surface area contributed by atoms with Gasteiger partial charge in [0.2, 0.25) is 0 Å². The van der Waals surface area contributed by atoms with Gasteiger partial charge in [0.15, 0.2) is 0 Å². The number of hydrogen-bond donors (Lipinski definition) is 1. The van der Waals surface area contributed by atoms with Gasteiger partial charge in [0, 0.05) is 25.0 Å². The van der Waals surface area contributed by atoms with Gasteiger partial charge in [-0.15, -0.1) is 0 Å². The minimum Gasteiger partial charge on any atom is -0.318 e. The third kappa shape index (κ3) is 4.90. The number of alkyl halides is 3. The Hall–Kier alpha value is -3.69. The molecule has 0 bridgehead atoms. The topological polar surface area (TPSA) is 67.2 Å². The molecule has 162 valence electrons. The summed E-state index contributed by atoms with van der Waals surface area (Å²) < 4.78 is 53.2. The molecule has 31 heavy (non-hydrogen) atoms. The second-order valence-corrected chi connectivity index (χ2v) is 6.75. The second kappa shape index (κ2) is 8.58. The van der Waals surface area contributed by atoms with E-state index in [-0.39, 0.29) is 11.5 Å². The Kier molecular flexibility index (Phi) is 6.09. The Bertz CT molecular complexity index is 1140. The highest BCUT2D eigenvalue weighted by Gasteiger charge is 2.31. The summed E-state index contributed by atoms with van der Waals surface area (Å²) in [6.07, 6.45) is -3.26. The number of benzene rings is 2. The number of hydrogen-bond acceptors (Lipinski definition) is 3. The number of carbonyl (C=O) groups excluding carboxylic acids is 1. The summed E-state index contributed by atoms with van der Waals surface area (Å²) in [7, 11) is 1.42. The molecule has 0 spiro atoms. The molecule has 2 aromatic carbocycles. The summed E-state index contributed by atoms with van der Waals surface area (Å²) in [5, 5.41) is 2.41. The molecule has 10 heteroatoms. The monoisotopic (exact) mass is 434 g/mol. The van der Waals surface area contributed by atoms with Crippen LogP contribution in [0.4, 0.5) is 28.0 Å². The van der Waals surface area contributed by atoms with Gasteiger partial charge in [0.25, 0.3) is 5.56 Å². The standard InChI is InChI=1S/C21H18F4N4O2/c1-13(19-26-11-10-18(30)29(19)17-8-6-15(22)7-9-17)28(2)20(31)27-16-5-3-4-14(12-16)21(23,24)25/h3-13H,1-2H3,(H,27,31). The van der Waals surface area contributed by atoms with Gasteiger partial charge in [-0.25, -0.2) is 14.2 Å². The summed E-state index contributed by atoms with van der Waals surface area (Å²) in [5.74, 6) is -0.284. The van der Waals surface area contributed by atoms with Crippen LogP contribution in [0.2, 0.25) is 0 Å². The van der Waals surface area contributed by atoms with Crippen molar-refractivity contribution in [2.24, 2.45) is 0 Å². The molecule has 0 aliphatic carbocycles. The number of urea groups is 1. The Balaban J connectivity index is 1.87. The summed E-state index contributed by atoms with van der Waals surface area (Å²) in [5.41, 5.74) is -1.00. The maximum absolute atomic E-state index is 13.3. The molecule has 0 aliphatic heterocycles. The number of nitrogens with zero attached hydrogens (tertiary/aromatic N) is 3. The van der Waals surface area contributed by atoms with Crippen LogP contribution < -0.4 is 10.9 Å². The summed E-state index contributed by atoms with van der Waals surface area (Å²) >= 11 is 0. The van der Waals surface area contributed by atoms with Crippen LogP contribution in [0.5, 0.6) is 0 Å². The number of nitrogens with one attached hydrogen (secondary N) is 1. The van der Waals surface area contributed by atoms with Crippen molar-refractivity contribution in [1.29, 1.82) is 0 Å². The number of amides is 2. The van der Waals surface area contributed by atoms with Crippen LogP contribution in [0.3, 0.4) is 0 Å². The molecule has 1 N–H and O–H groups in total. The maximum Gasteiger partial charge on any atom is 0.416 e. The number of carbonyl (C=O) groups is 1. The molecule has 3 aromatic rings. The van der Waals surface area contributed by atoms with Crippen molar-refractivity contribution < 1.29 is 22.4 Å². The lowest BCUT2D eigenvalue weighted by molar-refractivity contribution is -0.137. The molecule has 0 radical (unpaired) electrons. The predicted octanol–water partition coefficient (Wildman–Crippen LogP) is 4.62. The lowest BCUT2D eigenvalue weighted by Gasteiger charge is -2.26. The van der Waals surface area contributed by atoms with E-state index < -0.39 is 35.2 Å². The fourth-order valence-corrected chi connectivity index (χ4v) is 2.90. The number of rotatable bonds is 4. The van der Waals surface area contributed by atoms with Crippen molar-refractivity contribution in [1.82, 2.24) is 14.5 Å². The molecule has 0 saturated carbocycles. The molecule has 1 unspecified atom stereocenters. The van der Waals surface area contributed by atoms with Crippen LogP contribution in [0.1, 0.15) is 24.4 Å². The highest BCUT2D eigenvalue weighted by Crippen LogP contribution is 2.31. The number of halogens is 4. The van der Waals surface area contributed by atoms with Gasteiger partial charge in [-0.1, -0.05) is 6.07 Å². The first-order valence-electron chi connectivity index (χ1n) is 9.13. The molecule has 0 saturated heterocycles. The Morgan fingerprint density at radius 1 is 1.13 bits per heavy atom. The van der Waals surface area contributed by atoms with Crippen LogP contribution >= 0.6 is 0 Å². The third-order valence-corrected chi connectivity index (χ3v) is 4.67. The SMILES string of the molecule is CC(c1nccc(=O)n1-c1ccc(F)cc1)N(C)C(=O)Nc1cccc(C(F)(F)F)c1. The first-order valence-corrected chi connectivity index (χ1v) is 9.13. The van der Waals surface area contributed by atoms with Crippen molar-refractivity contribution >= 4 is 11.7 Å². The molecule has 1 atom stereocenters. The smallest absolute Gasteiger partial charge is 0.318 e. The largest absolute Gasteiger partial charge is 0.416 e. The summed E-state index contributed by atoms with van der Waals surface area (Å²) in [6.45, 7) is 1.60. The second-order valence-electron chi connectivity index (χ2n) is 6.75. The molecule has 0 fully saturated rings. The van der Waals surface area contributed by atoms with E-state index in [0.29, 0.717) is 5.69 Å². The van der Waals surface area contributed by atoms with Crippen LogP contribution in [0.25, 0.3) is 5.69 Å². The number of aromatic nitrogens is 2. The normalized spacial score (nSPS) is 12.3. The van der Waals surface area contributed by atoms with E-state index in [0.717, 1.165) is 12.1 Å². The van der Waals surface area contributed by atoms with Crippen molar-refractivity contribution in [3.63, 3.8) is 0 Å². The molecule has 0 aliphatic rings. The number of anilines is 1. The average Bonchev–Trinajstić information content (AvgIpc) is 2.73. The summed E-state index contributed by atoms with van der Waals surface area (Å²) in [6, 6.07) is 9.20. The maximum atomic E-state index is 13.3. The molecule has 1 heterocycles. The van der Waals surface area contributed by atoms with Crippen LogP contribution in [-0.2, 0) is 6.18 Å². The highest BCUT2D eigenvalue weighted by atomic mass is 19.4. The van der Waals surface area contributed by atoms with Crippen LogP contribution in [0, 0.1) is 5.82 Å². The Morgan fingerprint density at radius 2 is 1.81 bits per heavy atom. The summed E-state index contributed by atoms with van der Waals surface area (Å²) in [4.78, 5) is 30.5. The van der Waals surface area contributed by atoms with E-state index in [1.807, 2.05) is 0 Å². The predicted molar refractivity (Wildman–Crippen MR) is 106 cm³/mol. The Morgan fingerprint density at radius 3 is 2.45 bits per heavy atom. The minimum atomic E-state index is -4.54. The molecular formula is C21H18F4N4O2. The average molecular weight is 434 g/mol. The van der Waals surface area contributed by atoms with E-state index in [1.165, 1.54) is 65.2 Å². The first-order chi connectivity index (χ1) is 14.6. The van der Waals surface area contributed by atoms with E-state index >= 15 is 0 Å². The molecule has 1 aromatic heterocycles. The zero-order chi connectivity index (χ0) is 22.8. The third-order valence-electron chi connectivity index (χ3n) is 4.67. The molecule has 6 nitrogen and oxygen atoms in total. The van der Waals surface area contributed by atoms with Crippen LogP contribution in [0.15, 0.2) is 65.6 Å². The van der Waals surface area contributed by atoms with Gasteiger partial charge in [0.05, 0.1) is 17.3 Å². The molecule has 2 amide bonds. The van der Waals surface area contributed by atoms with Gasteiger partial charge in [-0.2, -0.15) is 13.2 Å². The van der Waals surface area contributed by atoms with E-state index in [2.05, 4.69) is 10.3 Å². The fraction of sp³-hybridized carbons (Fsp3) is 0.190. The Labute approximate surface area is 174 Å². The quantitative estimate of drug-likeness (QED) is 0.610. The van der Waals surface area contributed by atoms with Gasteiger partial charge in [0.1, 0.15) is 11.6 Å². The van der Waals surface area contributed by atoms with Crippen LogP contribution in [-0.4, -0.2) is 27.5 Å². The zero-order valence-electron chi connectivity index (χ0n) is 16.5. The zero-order valence-corrected chi connectivity index (χ0v) is 16.5. The van der Waals surface area contributed by atoms with Crippen molar-refractivity contribution in [2.75, 3.05) is 12.4 Å². The van der Waals surface area contributed by atoms with E-state index in [9.17, 15) is 27.2 Å². The molecule has 3 rings (SSSR count). The van der Waals surface area contributed by atoms with Crippen molar-refractivity contribution in [2.45, 2.75) is 19.1 Å². The van der Waals surface area contributed by atoms with Gasteiger partial charge >= 0.3 is 12.2 Å². The molecular weight excluding hydrogens is 416 g/mol. The van der Waals surface area contributed by atoms with Gasteiger partial charge < -0.3 is 10.2 Å². The first kappa shape index (κ1) is 22.0. The lowest BCUT2D eigenvalue weighted by atomic mass is 10.2. The van der Waals surface area contributed by atoms with Crippen molar-refractivity contribution in [3.8, 4) is 5.69 Å². The van der Waals surface area contributed by atoms with Gasteiger partial charge in [-0.05, 0) is 49.4 Å². The van der Waals surface area contributed by atoms with E-state index in [4.69, 9.17) is 0 Å². The highest BCUT2D eigenvalue weighted by molar-refractivity contribution is 5.89. The minimum absolute atomic E-state index is 0.0316. The lowest BCUT2D eigenvalue weighted by Crippen LogP contribution is -2.37. The van der Waals surface area contributed by atoms with E-state index in [1.54, 1.807) is 6.92 Å². The van der Waals surface area contributed by atoms with Gasteiger partial charge in [-0.3, -0.25) is 9.36 Å². The van der Waals surface area contributed by atoms with Crippen molar-refractivity contribution in [3.05, 3.63) is 88.4 Å².